The van der Waals surface area contributed by atoms with Crippen LogP contribution >= 0.6 is 11.5 Å². The van der Waals surface area contributed by atoms with E-state index in [0.29, 0.717) is 29.5 Å². The standard InChI is InChI=1S/C18H22N8OS/c1-11-13(3)26(10-19-11)16-9-15(20-14(4)21-16)24-5-7-25(8-6-24)18(27)17-12(2)22-23-28-17/h9-10H,5-8H2,1-4H3. The van der Waals surface area contributed by atoms with Crippen LogP contribution in [0.25, 0.3) is 5.82 Å². The molecule has 28 heavy (non-hydrogen) atoms. The maximum Gasteiger partial charge on any atom is 0.267 e. The Labute approximate surface area is 167 Å². The van der Waals surface area contributed by atoms with Crippen molar-refractivity contribution < 1.29 is 4.79 Å². The molecule has 4 heterocycles. The fourth-order valence-electron chi connectivity index (χ4n) is 3.26. The Morgan fingerprint density at radius 3 is 2.32 bits per heavy atom. The van der Waals surface area contributed by atoms with Crippen LogP contribution in [0.2, 0.25) is 0 Å². The fraction of sp³-hybridized carbons (Fsp3) is 0.444. The van der Waals surface area contributed by atoms with Crippen molar-refractivity contribution in [3.05, 3.63) is 40.2 Å². The first-order chi connectivity index (χ1) is 13.4. The maximum atomic E-state index is 12.7. The molecule has 1 amide bonds. The van der Waals surface area contributed by atoms with Gasteiger partial charge in [0, 0.05) is 37.9 Å². The molecule has 3 aromatic rings. The van der Waals surface area contributed by atoms with Gasteiger partial charge in [-0.3, -0.25) is 9.36 Å². The monoisotopic (exact) mass is 398 g/mol. The summed E-state index contributed by atoms with van der Waals surface area (Å²) in [5.41, 5.74) is 2.74. The molecule has 0 atom stereocenters. The molecular formula is C18H22N8OS. The van der Waals surface area contributed by atoms with Crippen LogP contribution in [-0.4, -0.2) is 66.1 Å². The molecule has 0 saturated carbocycles. The van der Waals surface area contributed by atoms with Crippen molar-refractivity contribution in [2.24, 2.45) is 0 Å². The van der Waals surface area contributed by atoms with Crippen LogP contribution in [0, 0.1) is 27.7 Å². The van der Waals surface area contributed by atoms with Gasteiger partial charge < -0.3 is 9.80 Å². The number of hydrogen-bond acceptors (Lipinski definition) is 8. The lowest BCUT2D eigenvalue weighted by molar-refractivity contribution is 0.0750. The van der Waals surface area contributed by atoms with E-state index in [1.54, 1.807) is 6.33 Å². The summed E-state index contributed by atoms with van der Waals surface area (Å²) < 4.78 is 5.85. The Balaban J connectivity index is 1.51. The van der Waals surface area contributed by atoms with Gasteiger partial charge in [-0.25, -0.2) is 15.0 Å². The van der Waals surface area contributed by atoms with Crippen LogP contribution in [0.15, 0.2) is 12.4 Å². The van der Waals surface area contributed by atoms with Crippen molar-refractivity contribution in [2.45, 2.75) is 27.7 Å². The number of hydrogen-bond donors (Lipinski definition) is 0. The third-order valence-corrected chi connectivity index (χ3v) is 5.86. The van der Waals surface area contributed by atoms with E-state index in [9.17, 15) is 4.79 Å². The predicted molar refractivity (Wildman–Crippen MR) is 106 cm³/mol. The van der Waals surface area contributed by atoms with Crippen molar-refractivity contribution >= 4 is 23.3 Å². The summed E-state index contributed by atoms with van der Waals surface area (Å²) in [4.78, 5) is 30.9. The Morgan fingerprint density at radius 1 is 1.00 bits per heavy atom. The molecule has 9 nitrogen and oxygen atoms in total. The first-order valence-corrected chi connectivity index (χ1v) is 9.91. The quantitative estimate of drug-likeness (QED) is 0.663. The van der Waals surface area contributed by atoms with Crippen molar-refractivity contribution in [1.82, 2.24) is 34.0 Å². The molecule has 0 aliphatic carbocycles. The third-order valence-electron chi connectivity index (χ3n) is 5.05. The molecule has 0 aromatic carbocycles. The highest BCUT2D eigenvalue weighted by molar-refractivity contribution is 7.07. The summed E-state index contributed by atoms with van der Waals surface area (Å²) in [6.07, 6.45) is 1.79. The fourth-order valence-corrected chi connectivity index (χ4v) is 3.89. The van der Waals surface area contributed by atoms with Crippen LogP contribution < -0.4 is 4.90 Å². The molecule has 10 heteroatoms. The summed E-state index contributed by atoms with van der Waals surface area (Å²) in [5.74, 6) is 2.40. The SMILES string of the molecule is Cc1nc(N2CCN(C(=O)c3snnc3C)CC2)cc(-n2cnc(C)c2C)n1. The highest BCUT2D eigenvalue weighted by Gasteiger charge is 2.26. The van der Waals surface area contributed by atoms with Gasteiger partial charge in [-0.15, -0.1) is 5.10 Å². The molecule has 1 fully saturated rings. The molecule has 0 N–H and O–H groups in total. The normalized spacial score (nSPS) is 14.6. The Kier molecular flexibility index (Phi) is 4.80. The number of nitrogens with zero attached hydrogens (tertiary/aromatic N) is 8. The zero-order valence-electron chi connectivity index (χ0n) is 16.4. The second kappa shape index (κ2) is 7.27. The predicted octanol–water partition coefficient (Wildman–Crippen LogP) is 1.71. The molecule has 0 unspecified atom stereocenters. The summed E-state index contributed by atoms with van der Waals surface area (Å²) in [6, 6.07) is 1.98. The van der Waals surface area contributed by atoms with E-state index in [4.69, 9.17) is 0 Å². The second-order valence-electron chi connectivity index (χ2n) is 6.88. The lowest BCUT2D eigenvalue weighted by atomic mass is 10.2. The molecular weight excluding hydrogens is 376 g/mol. The molecule has 3 aromatic heterocycles. The topological polar surface area (TPSA) is 92.9 Å². The van der Waals surface area contributed by atoms with Crippen molar-refractivity contribution in [3.63, 3.8) is 0 Å². The highest BCUT2D eigenvalue weighted by Crippen LogP contribution is 2.21. The first kappa shape index (κ1) is 18.5. The molecule has 0 radical (unpaired) electrons. The molecule has 4 rings (SSSR count). The zero-order chi connectivity index (χ0) is 19.8. The van der Waals surface area contributed by atoms with E-state index in [1.807, 2.05) is 43.2 Å². The number of aromatic nitrogens is 6. The Bertz CT molecular complexity index is 1020. The lowest BCUT2D eigenvalue weighted by Crippen LogP contribution is -2.49. The average Bonchev–Trinajstić information content (AvgIpc) is 3.26. The van der Waals surface area contributed by atoms with Crippen LogP contribution in [0.4, 0.5) is 5.82 Å². The minimum absolute atomic E-state index is 0.0104. The van der Waals surface area contributed by atoms with Crippen molar-refractivity contribution in [1.29, 1.82) is 0 Å². The van der Waals surface area contributed by atoms with Crippen LogP contribution in [0.5, 0.6) is 0 Å². The number of aryl methyl sites for hydroxylation is 3. The molecule has 146 valence electrons. The number of rotatable bonds is 3. The van der Waals surface area contributed by atoms with Gasteiger partial charge in [0.15, 0.2) is 0 Å². The highest BCUT2D eigenvalue weighted by atomic mass is 32.1. The lowest BCUT2D eigenvalue weighted by Gasteiger charge is -2.35. The van der Waals surface area contributed by atoms with Crippen LogP contribution in [0.1, 0.15) is 32.6 Å². The Hall–Kier alpha value is -2.88. The van der Waals surface area contributed by atoms with Gasteiger partial charge in [-0.05, 0) is 39.2 Å². The second-order valence-corrected chi connectivity index (χ2v) is 7.64. The van der Waals surface area contributed by atoms with Crippen molar-refractivity contribution in [2.75, 3.05) is 31.1 Å². The average molecular weight is 398 g/mol. The summed E-state index contributed by atoms with van der Waals surface area (Å²) >= 11 is 1.16. The van der Waals surface area contributed by atoms with Gasteiger partial charge in [0.2, 0.25) is 0 Å². The minimum Gasteiger partial charge on any atom is -0.353 e. The number of anilines is 1. The molecule has 0 bridgehead atoms. The number of amides is 1. The third kappa shape index (κ3) is 3.35. The number of carbonyl (C=O) groups is 1. The number of carbonyl (C=O) groups excluding carboxylic acids is 1. The van der Waals surface area contributed by atoms with Gasteiger partial charge in [-0.2, -0.15) is 0 Å². The van der Waals surface area contributed by atoms with Gasteiger partial charge in [0.05, 0.1) is 11.4 Å². The largest absolute Gasteiger partial charge is 0.353 e. The van der Waals surface area contributed by atoms with E-state index < -0.39 is 0 Å². The van der Waals surface area contributed by atoms with Gasteiger partial charge in [0.25, 0.3) is 5.91 Å². The summed E-state index contributed by atoms with van der Waals surface area (Å²) in [7, 11) is 0. The summed E-state index contributed by atoms with van der Waals surface area (Å²) in [5, 5.41) is 3.94. The van der Waals surface area contributed by atoms with E-state index in [2.05, 4.69) is 29.4 Å². The number of piperazine rings is 1. The molecule has 1 aliphatic rings. The zero-order valence-corrected chi connectivity index (χ0v) is 17.2. The van der Waals surface area contributed by atoms with Gasteiger partial charge in [-0.1, -0.05) is 4.49 Å². The smallest absolute Gasteiger partial charge is 0.267 e. The number of imidazole rings is 1. The van der Waals surface area contributed by atoms with Gasteiger partial charge >= 0.3 is 0 Å². The minimum atomic E-state index is 0.0104. The van der Waals surface area contributed by atoms with E-state index in [1.165, 1.54) is 0 Å². The van der Waals surface area contributed by atoms with E-state index in [-0.39, 0.29) is 5.91 Å². The summed E-state index contributed by atoms with van der Waals surface area (Å²) in [6.45, 7) is 10.4. The van der Waals surface area contributed by atoms with Crippen LogP contribution in [-0.2, 0) is 0 Å². The Morgan fingerprint density at radius 2 is 1.71 bits per heavy atom. The molecule has 0 spiro atoms. The molecule has 1 aliphatic heterocycles. The van der Waals surface area contributed by atoms with Crippen LogP contribution in [0.3, 0.4) is 0 Å². The van der Waals surface area contributed by atoms with Crippen molar-refractivity contribution in [3.8, 4) is 5.82 Å². The first-order valence-electron chi connectivity index (χ1n) is 9.14. The maximum absolute atomic E-state index is 12.7. The van der Waals surface area contributed by atoms with E-state index >= 15 is 0 Å². The van der Waals surface area contributed by atoms with Gasteiger partial charge in [0.1, 0.15) is 28.7 Å². The molecule has 1 saturated heterocycles. The van der Waals surface area contributed by atoms with E-state index in [0.717, 1.165) is 47.6 Å².